The summed E-state index contributed by atoms with van der Waals surface area (Å²) in [5.41, 5.74) is 8.07. The van der Waals surface area contributed by atoms with Crippen molar-refractivity contribution in [3.8, 4) is 0 Å². The van der Waals surface area contributed by atoms with Gasteiger partial charge >= 0.3 is 6.18 Å². The van der Waals surface area contributed by atoms with Crippen LogP contribution in [0.3, 0.4) is 0 Å². The number of ether oxygens (including phenoxy) is 1. The van der Waals surface area contributed by atoms with Crippen molar-refractivity contribution in [2.45, 2.75) is 52.6 Å². The monoisotopic (exact) mass is 472 g/mol. The van der Waals surface area contributed by atoms with Crippen molar-refractivity contribution in [3.63, 3.8) is 0 Å². The number of anilines is 1. The fraction of sp³-hybridized carbons (Fsp3) is 0.400. The molecule has 0 radical (unpaired) electrons. The fourth-order valence-electron chi connectivity index (χ4n) is 4.35. The normalized spacial score (nSPS) is 15.1. The van der Waals surface area contributed by atoms with Crippen LogP contribution in [0.15, 0.2) is 36.5 Å². The van der Waals surface area contributed by atoms with Crippen LogP contribution < -0.4 is 5.73 Å². The number of nitrogens with two attached hydrogens (primary N) is 1. The number of pyridine rings is 2. The van der Waals surface area contributed by atoms with Crippen molar-refractivity contribution in [1.82, 2.24) is 14.9 Å². The molecule has 6 nitrogen and oxygen atoms in total. The molecule has 34 heavy (non-hydrogen) atoms. The Kier molecular flexibility index (Phi) is 6.01. The van der Waals surface area contributed by atoms with Crippen molar-refractivity contribution in [2.75, 3.05) is 12.3 Å². The van der Waals surface area contributed by atoms with Crippen molar-refractivity contribution >= 4 is 22.6 Å². The number of nitrogens with zero attached hydrogens (tertiary/aromatic N) is 3. The van der Waals surface area contributed by atoms with Crippen LogP contribution in [0.25, 0.3) is 10.9 Å². The molecule has 3 aromatic rings. The second kappa shape index (κ2) is 8.54. The first kappa shape index (κ1) is 23.9. The van der Waals surface area contributed by atoms with Gasteiger partial charge < -0.3 is 15.4 Å². The smallest absolute Gasteiger partial charge is 0.383 e. The van der Waals surface area contributed by atoms with E-state index in [4.69, 9.17) is 10.5 Å². The fourth-order valence-corrected chi connectivity index (χ4v) is 4.35. The maximum Gasteiger partial charge on any atom is 0.417 e. The van der Waals surface area contributed by atoms with Crippen molar-refractivity contribution in [2.24, 2.45) is 5.92 Å². The van der Waals surface area contributed by atoms with Gasteiger partial charge in [-0.05, 0) is 55.7 Å². The third kappa shape index (κ3) is 4.57. The van der Waals surface area contributed by atoms with Crippen molar-refractivity contribution in [3.05, 3.63) is 64.5 Å². The molecule has 0 aliphatic carbocycles. The summed E-state index contributed by atoms with van der Waals surface area (Å²) in [6, 6.07) is 7.54. The zero-order chi connectivity index (χ0) is 24.8. The summed E-state index contributed by atoms with van der Waals surface area (Å²) in [7, 11) is 0. The Morgan fingerprint density at radius 2 is 1.97 bits per heavy atom. The van der Waals surface area contributed by atoms with E-state index in [2.05, 4.69) is 9.97 Å². The van der Waals surface area contributed by atoms with E-state index in [0.29, 0.717) is 35.7 Å². The number of fused-ring (bicyclic) bond motifs is 3. The van der Waals surface area contributed by atoms with Crippen LogP contribution >= 0.6 is 0 Å². The molecule has 4 rings (SSSR count). The van der Waals surface area contributed by atoms with Crippen molar-refractivity contribution in [1.29, 1.82) is 0 Å². The molecule has 0 bridgehead atoms. The molecule has 2 N–H and O–H groups in total. The third-order valence-electron chi connectivity index (χ3n) is 5.92. The van der Waals surface area contributed by atoms with Gasteiger partial charge in [0.25, 0.3) is 5.91 Å². The number of hydrogen-bond acceptors (Lipinski definition) is 5. The number of carbonyl (C=O) groups excluding carboxylic acids is 1. The number of carbonyl (C=O) groups is 1. The first-order chi connectivity index (χ1) is 15.9. The van der Waals surface area contributed by atoms with Crippen LogP contribution in [0.5, 0.6) is 0 Å². The average Bonchev–Trinajstić information content (AvgIpc) is 3.08. The Morgan fingerprint density at radius 1 is 1.24 bits per heavy atom. The quantitative estimate of drug-likeness (QED) is 0.545. The molecule has 0 atom stereocenters. The highest BCUT2D eigenvalue weighted by molar-refractivity contribution is 5.99. The van der Waals surface area contributed by atoms with Gasteiger partial charge in [-0.1, -0.05) is 13.8 Å². The van der Waals surface area contributed by atoms with Gasteiger partial charge in [0.15, 0.2) is 0 Å². The Bertz CT molecular complexity index is 1240. The zero-order valence-corrected chi connectivity index (χ0v) is 19.5. The third-order valence-corrected chi connectivity index (χ3v) is 5.92. The molecule has 180 valence electrons. The van der Waals surface area contributed by atoms with Crippen LogP contribution in [-0.2, 0) is 29.7 Å². The van der Waals surface area contributed by atoms with Gasteiger partial charge in [-0.15, -0.1) is 0 Å². The molecule has 2 aromatic heterocycles. The molecule has 3 heterocycles. The molecule has 0 saturated carbocycles. The van der Waals surface area contributed by atoms with Gasteiger partial charge in [-0.2, -0.15) is 13.2 Å². The molecule has 0 spiro atoms. The number of rotatable bonds is 5. The maximum atomic E-state index is 13.5. The zero-order valence-electron chi connectivity index (χ0n) is 19.5. The number of aromatic nitrogens is 2. The summed E-state index contributed by atoms with van der Waals surface area (Å²) in [6.45, 7) is 8.70. The summed E-state index contributed by atoms with van der Waals surface area (Å²) in [5.74, 6) is 0.332. The van der Waals surface area contributed by atoms with Gasteiger partial charge in [0, 0.05) is 29.3 Å². The van der Waals surface area contributed by atoms with Crippen LogP contribution in [-0.4, -0.2) is 27.3 Å². The Morgan fingerprint density at radius 3 is 2.59 bits per heavy atom. The van der Waals surface area contributed by atoms with E-state index in [1.165, 1.54) is 6.07 Å². The van der Waals surface area contributed by atoms with Crippen LogP contribution in [0, 0.1) is 5.92 Å². The summed E-state index contributed by atoms with van der Waals surface area (Å²) >= 11 is 0. The average molecular weight is 473 g/mol. The molecule has 9 heteroatoms. The van der Waals surface area contributed by atoms with Gasteiger partial charge in [-0.25, -0.2) is 4.98 Å². The second-order valence-electron chi connectivity index (χ2n) is 9.50. The highest BCUT2D eigenvalue weighted by Crippen LogP contribution is 2.42. The topological polar surface area (TPSA) is 81.3 Å². The van der Waals surface area contributed by atoms with E-state index < -0.39 is 17.3 Å². The minimum absolute atomic E-state index is 0.0986. The van der Waals surface area contributed by atoms with Gasteiger partial charge in [-0.3, -0.25) is 9.78 Å². The summed E-state index contributed by atoms with van der Waals surface area (Å²) < 4.78 is 44.5. The SMILES string of the molecule is CC(C)CN(Cc1ccc(C(F)(F)F)cn1)C(=O)c1ccc2nc(N)c3c(c2c1)COC3(C)C. The van der Waals surface area contributed by atoms with Gasteiger partial charge in [0.1, 0.15) is 5.82 Å². The van der Waals surface area contributed by atoms with Crippen molar-refractivity contribution < 1.29 is 22.7 Å². The highest BCUT2D eigenvalue weighted by atomic mass is 19.4. The van der Waals surface area contributed by atoms with E-state index >= 15 is 0 Å². The molecular formula is C25H27F3N4O2. The highest BCUT2D eigenvalue weighted by Gasteiger charge is 2.35. The lowest BCUT2D eigenvalue weighted by atomic mass is 9.93. The first-order valence-corrected chi connectivity index (χ1v) is 11.0. The Hall–Kier alpha value is -3.20. The molecule has 0 fully saturated rings. The standard InChI is InChI=1S/C25H27F3N4O2/c1-14(2)11-32(12-17-7-6-16(10-30-17)25(26,27)28)23(33)15-5-8-20-18(9-15)19-13-34-24(3,4)21(19)22(29)31-20/h5-10,14H,11-13H2,1-4H3,(H2,29,31). The summed E-state index contributed by atoms with van der Waals surface area (Å²) in [4.78, 5) is 23.5. The van der Waals surface area contributed by atoms with E-state index in [0.717, 1.165) is 28.8 Å². The molecule has 1 amide bonds. The van der Waals surface area contributed by atoms with E-state index in [1.54, 1.807) is 23.1 Å². The lowest BCUT2D eigenvalue weighted by Gasteiger charge is -2.25. The maximum absolute atomic E-state index is 13.5. The lowest BCUT2D eigenvalue weighted by molar-refractivity contribution is -0.137. The number of amides is 1. The van der Waals surface area contributed by atoms with E-state index in [9.17, 15) is 18.0 Å². The second-order valence-corrected chi connectivity index (χ2v) is 9.50. The molecule has 0 unspecified atom stereocenters. The summed E-state index contributed by atoms with van der Waals surface area (Å²) in [6.07, 6.45) is -3.66. The first-order valence-electron chi connectivity index (χ1n) is 11.0. The number of halogens is 3. The number of hydrogen-bond donors (Lipinski definition) is 1. The summed E-state index contributed by atoms with van der Waals surface area (Å²) in [5, 5.41) is 0.803. The molecule has 0 saturated heterocycles. The van der Waals surface area contributed by atoms with E-state index in [1.807, 2.05) is 27.7 Å². The molecule has 1 aromatic carbocycles. The van der Waals surface area contributed by atoms with E-state index in [-0.39, 0.29) is 18.4 Å². The van der Waals surface area contributed by atoms with Crippen LogP contribution in [0.1, 0.15) is 60.4 Å². The number of alkyl halides is 3. The number of nitrogen functional groups attached to an aromatic ring is 1. The largest absolute Gasteiger partial charge is 0.417 e. The van der Waals surface area contributed by atoms with Gasteiger partial charge in [0.2, 0.25) is 0 Å². The molecule has 1 aliphatic heterocycles. The minimum Gasteiger partial charge on any atom is -0.383 e. The predicted molar refractivity (Wildman–Crippen MR) is 123 cm³/mol. The van der Waals surface area contributed by atoms with Gasteiger partial charge in [0.05, 0.1) is 35.5 Å². The predicted octanol–water partition coefficient (Wildman–Crippen LogP) is 5.29. The van der Waals surface area contributed by atoms with Crippen LogP contribution in [0.2, 0.25) is 0 Å². The lowest BCUT2D eigenvalue weighted by Crippen LogP contribution is -2.34. The van der Waals surface area contributed by atoms with Crippen LogP contribution in [0.4, 0.5) is 19.0 Å². The number of benzene rings is 1. The molecular weight excluding hydrogens is 445 g/mol. The molecule has 1 aliphatic rings. The Balaban J connectivity index is 1.68. The minimum atomic E-state index is -4.46. The Labute approximate surface area is 195 Å².